The van der Waals surface area contributed by atoms with Crippen molar-refractivity contribution in [3.05, 3.63) is 39.4 Å². The second-order valence-corrected chi connectivity index (χ2v) is 8.80. The third-order valence-corrected chi connectivity index (χ3v) is 6.45. The fraction of sp³-hybridized carbons (Fsp3) is 0.524. The minimum atomic E-state index is -0.222. The molecule has 0 atom stereocenters. The summed E-state index contributed by atoms with van der Waals surface area (Å²) in [5, 5.41) is 0.487. The molecule has 7 nitrogen and oxygen atoms in total. The molecule has 2 fully saturated rings. The van der Waals surface area contributed by atoms with Crippen molar-refractivity contribution in [1.82, 2.24) is 19.4 Å². The number of aromatic nitrogens is 2. The van der Waals surface area contributed by atoms with E-state index in [0.717, 1.165) is 30.4 Å². The minimum Gasteiger partial charge on any atom is -0.342 e. The van der Waals surface area contributed by atoms with Crippen LogP contribution in [0, 0.1) is 5.92 Å². The first-order chi connectivity index (χ1) is 14.0. The van der Waals surface area contributed by atoms with E-state index >= 15 is 0 Å². The fourth-order valence-electron chi connectivity index (χ4n) is 4.24. The molecule has 0 spiro atoms. The lowest BCUT2D eigenvalue weighted by Crippen LogP contribution is -2.46. The first-order valence-corrected chi connectivity index (χ1v) is 11.0. The van der Waals surface area contributed by atoms with E-state index in [1.54, 1.807) is 17.0 Å². The lowest BCUT2D eigenvalue weighted by Gasteiger charge is -2.35. The highest BCUT2D eigenvalue weighted by Crippen LogP contribution is 2.22. The second-order valence-electron chi connectivity index (χ2n) is 7.88. The average molecular weight is 461 g/mol. The number of benzene rings is 1. The molecule has 0 unspecified atom stereocenters. The van der Waals surface area contributed by atoms with Gasteiger partial charge in [-0.05, 0) is 50.3 Å². The van der Waals surface area contributed by atoms with Crippen molar-refractivity contribution >= 4 is 38.6 Å². The fourth-order valence-corrected chi connectivity index (χ4v) is 4.60. The molecule has 0 N–H and O–H groups in total. The van der Waals surface area contributed by atoms with Crippen LogP contribution in [0.25, 0.3) is 10.9 Å². The molecule has 2 saturated heterocycles. The molecule has 2 aliphatic rings. The van der Waals surface area contributed by atoms with Gasteiger partial charge in [0.15, 0.2) is 0 Å². The van der Waals surface area contributed by atoms with Crippen molar-refractivity contribution in [3.63, 3.8) is 0 Å². The van der Waals surface area contributed by atoms with Gasteiger partial charge in [-0.25, -0.2) is 4.98 Å². The van der Waals surface area contributed by atoms with Gasteiger partial charge in [0, 0.05) is 36.6 Å². The molecule has 2 amide bonds. The van der Waals surface area contributed by atoms with Gasteiger partial charge in [0.1, 0.15) is 6.54 Å². The Labute approximate surface area is 177 Å². The highest BCUT2D eigenvalue weighted by molar-refractivity contribution is 9.10. The Hall–Kier alpha value is -2.22. The Balaban J connectivity index is 1.38. The molecule has 0 saturated carbocycles. The van der Waals surface area contributed by atoms with Crippen LogP contribution in [0.5, 0.6) is 0 Å². The van der Waals surface area contributed by atoms with Crippen LogP contribution in [-0.4, -0.2) is 57.3 Å². The van der Waals surface area contributed by atoms with Crippen molar-refractivity contribution < 1.29 is 9.59 Å². The van der Waals surface area contributed by atoms with Crippen LogP contribution in [0.4, 0.5) is 0 Å². The lowest BCUT2D eigenvalue weighted by molar-refractivity contribution is -0.141. The summed E-state index contributed by atoms with van der Waals surface area (Å²) in [4.78, 5) is 46.2. The highest BCUT2D eigenvalue weighted by atomic mass is 79.9. The summed E-state index contributed by atoms with van der Waals surface area (Å²) >= 11 is 3.37. The van der Waals surface area contributed by atoms with E-state index in [9.17, 15) is 14.4 Å². The van der Waals surface area contributed by atoms with Gasteiger partial charge in [0.2, 0.25) is 11.8 Å². The summed E-state index contributed by atoms with van der Waals surface area (Å²) in [6, 6.07) is 5.33. The number of carbonyl (C=O) groups is 2. The molecule has 29 heavy (non-hydrogen) atoms. The van der Waals surface area contributed by atoms with E-state index < -0.39 is 0 Å². The Morgan fingerprint density at radius 2 is 1.76 bits per heavy atom. The van der Waals surface area contributed by atoms with E-state index in [4.69, 9.17) is 0 Å². The third kappa shape index (κ3) is 4.37. The van der Waals surface area contributed by atoms with Gasteiger partial charge in [-0.3, -0.25) is 19.0 Å². The molecule has 1 aromatic heterocycles. The first-order valence-electron chi connectivity index (χ1n) is 10.2. The highest BCUT2D eigenvalue weighted by Gasteiger charge is 2.30. The largest absolute Gasteiger partial charge is 0.342 e. The monoisotopic (exact) mass is 460 g/mol. The molecular formula is C21H25BrN4O3. The zero-order valence-electron chi connectivity index (χ0n) is 16.3. The number of rotatable bonds is 3. The number of halogens is 1. The van der Waals surface area contributed by atoms with Crippen LogP contribution in [0.15, 0.2) is 33.8 Å². The summed E-state index contributed by atoms with van der Waals surface area (Å²) < 4.78 is 2.16. The topological polar surface area (TPSA) is 75.5 Å². The second kappa shape index (κ2) is 8.65. The predicted molar refractivity (Wildman–Crippen MR) is 113 cm³/mol. The normalized spacial score (nSPS) is 18.2. The molecule has 154 valence electrons. The lowest BCUT2D eigenvalue weighted by atomic mass is 9.94. The van der Waals surface area contributed by atoms with Gasteiger partial charge in [-0.15, -0.1) is 0 Å². The maximum atomic E-state index is 12.7. The van der Waals surface area contributed by atoms with E-state index in [1.165, 1.54) is 17.3 Å². The van der Waals surface area contributed by atoms with Gasteiger partial charge in [0.25, 0.3) is 5.56 Å². The van der Waals surface area contributed by atoms with Crippen LogP contribution in [0.1, 0.15) is 32.1 Å². The minimum absolute atomic E-state index is 0.0135. The third-order valence-electron chi connectivity index (χ3n) is 5.96. The van der Waals surface area contributed by atoms with Crippen molar-refractivity contribution in [1.29, 1.82) is 0 Å². The van der Waals surface area contributed by atoms with Crippen molar-refractivity contribution in [2.45, 2.75) is 38.6 Å². The molecule has 0 bridgehead atoms. The molecule has 1 aromatic carbocycles. The van der Waals surface area contributed by atoms with Gasteiger partial charge >= 0.3 is 0 Å². The summed E-state index contributed by atoms with van der Waals surface area (Å²) in [5.74, 6) is 0.156. The number of hydrogen-bond donors (Lipinski definition) is 0. The summed E-state index contributed by atoms with van der Waals surface area (Å²) in [6.07, 6.45) is 6.21. The summed E-state index contributed by atoms with van der Waals surface area (Å²) in [7, 11) is 0. The Morgan fingerprint density at radius 1 is 1.03 bits per heavy atom. The van der Waals surface area contributed by atoms with E-state index in [0.29, 0.717) is 36.8 Å². The predicted octanol–water partition coefficient (Wildman–Crippen LogP) is 2.41. The number of piperidine rings is 2. The molecule has 2 aliphatic heterocycles. The summed E-state index contributed by atoms with van der Waals surface area (Å²) in [6.45, 7) is 2.83. The Kier molecular flexibility index (Phi) is 5.99. The zero-order valence-corrected chi connectivity index (χ0v) is 17.9. The van der Waals surface area contributed by atoms with Crippen molar-refractivity contribution in [3.8, 4) is 0 Å². The number of carbonyl (C=O) groups excluding carboxylic acids is 2. The molecule has 2 aromatic rings. The van der Waals surface area contributed by atoms with Gasteiger partial charge in [-0.1, -0.05) is 15.9 Å². The number of hydrogen-bond acceptors (Lipinski definition) is 4. The van der Waals surface area contributed by atoms with Crippen molar-refractivity contribution in [2.75, 3.05) is 26.2 Å². The molecule has 8 heteroatoms. The van der Waals surface area contributed by atoms with Crippen LogP contribution < -0.4 is 5.56 Å². The van der Waals surface area contributed by atoms with E-state index in [1.807, 2.05) is 11.0 Å². The molecule has 0 radical (unpaired) electrons. The zero-order chi connectivity index (χ0) is 20.4. The van der Waals surface area contributed by atoms with Gasteiger partial charge in [0.05, 0.1) is 17.2 Å². The number of nitrogens with zero attached hydrogens (tertiary/aromatic N) is 4. The molecule has 0 aliphatic carbocycles. The first kappa shape index (κ1) is 20.1. The standard InChI is InChI=1S/C21H25BrN4O3/c22-16-4-5-18-17(12-16)21(29)26(14-23-18)13-19(27)24-10-6-15(7-11-24)20(28)25-8-2-1-3-9-25/h4-5,12,14-15H,1-3,6-11,13H2. The van der Waals surface area contributed by atoms with E-state index in [-0.39, 0.29) is 29.8 Å². The number of amides is 2. The maximum Gasteiger partial charge on any atom is 0.261 e. The molecule has 4 rings (SSSR count). The SMILES string of the molecule is O=C(Cn1cnc2ccc(Br)cc2c1=O)N1CCC(C(=O)N2CCCCC2)CC1. The van der Waals surface area contributed by atoms with Crippen LogP contribution in [0.2, 0.25) is 0 Å². The maximum absolute atomic E-state index is 12.7. The van der Waals surface area contributed by atoms with Crippen LogP contribution in [0.3, 0.4) is 0 Å². The smallest absolute Gasteiger partial charge is 0.261 e. The van der Waals surface area contributed by atoms with Gasteiger partial charge < -0.3 is 9.80 Å². The summed E-state index contributed by atoms with van der Waals surface area (Å²) in [5.41, 5.74) is 0.388. The Bertz CT molecular complexity index is 976. The van der Waals surface area contributed by atoms with Crippen LogP contribution >= 0.6 is 15.9 Å². The molecule has 3 heterocycles. The Morgan fingerprint density at radius 3 is 2.48 bits per heavy atom. The van der Waals surface area contributed by atoms with Crippen molar-refractivity contribution in [2.24, 2.45) is 5.92 Å². The number of fused-ring (bicyclic) bond motifs is 1. The van der Waals surface area contributed by atoms with Gasteiger partial charge in [-0.2, -0.15) is 0 Å². The van der Waals surface area contributed by atoms with Crippen LogP contribution in [-0.2, 0) is 16.1 Å². The molecular weight excluding hydrogens is 436 g/mol. The average Bonchev–Trinajstić information content (AvgIpc) is 2.76. The van der Waals surface area contributed by atoms with E-state index in [2.05, 4.69) is 20.9 Å². The quantitative estimate of drug-likeness (QED) is 0.704. The number of likely N-dealkylation sites (tertiary alicyclic amines) is 2.